The molecule has 0 heterocycles. The molecule has 0 radical (unpaired) electrons. The largest absolute Gasteiger partial charge is 0.396 e. The van der Waals surface area contributed by atoms with Gasteiger partial charge in [-0.3, -0.25) is 4.79 Å². The molecule has 1 amide bonds. The molecule has 4 heteroatoms. The molecular weight excluding hydrogens is 252 g/mol. The zero-order valence-electron chi connectivity index (χ0n) is 13.2. The van der Waals surface area contributed by atoms with Gasteiger partial charge in [-0.1, -0.05) is 39.5 Å². The van der Waals surface area contributed by atoms with E-state index in [1.165, 1.54) is 25.7 Å². The van der Waals surface area contributed by atoms with Gasteiger partial charge in [0.15, 0.2) is 0 Å². The van der Waals surface area contributed by atoms with Gasteiger partial charge < -0.3 is 15.7 Å². The second-order valence-electron chi connectivity index (χ2n) is 6.22. The highest BCUT2D eigenvalue weighted by Gasteiger charge is 2.25. The van der Waals surface area contributed by atoms with E-state index < -0.39 is 0 Å². The maximum Gasteiger partial charge on any atom is 0.234 e. The Labute approximate surface area is 123 Å². The van der Waals surface area contributed by atoms with E-state index >= 15 is 0 Å². The van der Waals surface area contributed by atoms with Gasteiger partial charge in [0.05, 0.1) is 6.54 Å². The first kappa shape index (κ1) is 17.4. The van der Waals surface area contributed by atoms with Gasteiger partial charge in [-0.05, 0) is 25.7 Å². The summed E-state index contributed by atoms with van der Waals surface area (Å²) >= 11 is 0. The average molecular weight is 284 g/mol. The van der Waals surface area contributed by atoms with Crippen LogP contribution >= 0.6 is 0 Å². The Morgan fingerprint density at radius 3 is 2.25 bits per heavy atom. The number of rotatable bonds is 8. The lowest BCUT2D eigenvalue weighted by molar-refractivity contribution is -0.121. The molecule has 0 aromatic rings. The summed E-state index contributed by atoms with van der Waals surface area (Å²) in [6.45, 7) is 5.42. The maximum atomic E-state index is 11.9. The van der Waals surface area contributed by atoms with Crippen LogP contribution in [-0.2, 0) is 4.79 Å². The van der Waals surface area contributed by atoms with Crippen LogP contribution in [0.4, 0.5) is 0 Å². The van der Waals surface area contributed by atoms with Gasteiger partial charge in [-0.15, -0.1) is 0 Å². The zero-order chi connectivity index (χ0) is 14.8. The molecule has 0 spiro atoms. The standard InChI is InChI=1S/C16H32N2O2/c1-3-16(4-2,13-19)12-17-11-15(20)18-14-9-7-5-6-8-10-14/h14,17,19H,3-13H2,1-2H3,(H,18,20). The van der Waals surface area contributed by atoms with Crippen LogP contribution in [0.5, 0.6) is 0 Å². The summed E-state index contributed by atoms with van der Waals surface area (Å²) in [5.41, 5.74) is -0.0808. The Hall–Kier alpha value is -0.610. The molecule has 1 aliphatic carbocycles. The van der Waals surface area contributed by atoms with Crippen molar-refractivity contribution in [2.75, 3.05) is 19.7 Å². The molecule has 20 heavy (non-hydrogen) atoms. The molecule has 1 saturated carbocycles. The van der Waals surface area contributed by atoms with Crippen molar-refractivity contribution in [1.29, 1.82) is 0 Å². The molecule has 0 aliphatic heterocycles. The van der Waals surface area contributed by atoms with E-state index in [0.717, 1.165) is 25.7 Å². The first-order valence-corrected chi connectivity index (χ1v) is 8.26. The fourth-order valence-electron chi connectivity index (χ4n) is 2.92. The molecule has 0 saturated heterocycles. The molecule has 0 aromatic carbocycles. The van der Waals surface area contributed by atoms with E-state index in [1.807, 2.05) is 0 Å². The summed E-state index contributed by atoms with van der Waals surface area (Å²) in [5.74, 6) is 0.0935. The van der Waals surface area contributed by atoms with E-state index in [2.05, 4.69) is 24.5 Å². The van der Waals surface area contributed by atoms with Crippen LogP contribution in [0, 0.1) is 5.41 Å². The van der Waals surface area contributed by atoms with Crippen molar-refractivity contribution in [1.82, 2.24) is 10.6 Å². The smallest absolute Gasteiger partial charge is 0.234 e. The number of carbonyl (C=O) groups excluding carboxylic acids is 1. The molecule has 0 atom stereocenters. The third kappa shape index (κ3) is 5.80. The summed E-state index contributed by atoms with van der Waals surface area (Å²) < 4.78 is 0. The van der Waals surface area contributed by atoms with E-state index in [-0.39, 0.29) is 17.9 Å². The van der Waals surface area contributed by atoms with Crippen LogP contribution in [-0.4, -0.2) is 36.8 Å². The fraction of sp³-hybridized carbons (Fsp3) is 0.938. The predicted molar refractivity (Wildman–Crippen MR) is 82.6 cm³/mol. The quantitative estimate of drug-likeness (QED) is 0.599. The summed E-state index contributed by atoms with van der Waals surface area (Å²) in [7, 11) is 0. The minimum atomic E-state index is -0.0808. The third-order valence-electron chi connectivity index (χ3n) is 4.84. The summed E-state index contributed by atoms with van der Waals surface area (Å²) in [6, 6.07) is 0.367. The van der Waals surface area contributed by atoms with Crippen LogP contribution in [0.2, 0.25) is 0 Å². The topological polar surface area (TPSA) is 61.4 Å². The Balaban J connectivity index is 2.25. The summed E-state index contributed by atoms with van der Waals surface area (Å²) in [6.07, 6.45) is 9.17. The van der Waals surface area contributed by atoms with Crippen LogP contribution in [0.15, 0.2) is 0 Å². The van der Waals surface area contributed by atoms with Crippen LogP contribution < -0.4 is 10.6 Å². The highest BCUT2D eigenvalue weighted by atomic mass is 16.3. The number of carbonyl (C=O) groups is 1. The van der Waals surface area contributed by atoms with Gasteiger partial charge in [-0.2, -0.15) is 0 Å². The normalized spacial score (nSPS) is 17.8. The SMILES string of the molecule is CCC(CC)(CO)CNCC(=O)NC1CCCCCC1. The second-order valence-corrected chi connectivity index (χ2v) is 6.22. The minimum absolute atomic E-state index is 0.0808. The lowest BCUT2D eigenvalue weighted by atomic mass is 9.83. The number of hydrogen-bond acceptors (Lipinski definition) is 3. The Kier molecular flexibility index (Phi) is 8.15. The monoisotopic (exact) mass is 284 g/mol. The molecule has 1 fully saturated rings. The predicted octanol–water partition coefficient (Wildman–Crippen LogP) is 2.21. The van der Waals surface area contributed by atoms with E-state index in [9.17, 15) is 9.90 Å². The number of aliphatic hydroxyl groups is 1. The van der Waals surface area contributed by atoms with Crippen molar-refractivity contribution in [3.05, 3.63) is 0 Å². The molecule has 0 aromatic heterocycles. The first-order chi connectivity index (χ1) is 9.65. The van der Waals surface area contributed by atoms with E-state index in [4.69, 9.17) is 0 Å². The molecule has 1 rings (SSSR count). The minimum Gasteiger partial charge on any atom is -0.396 e. The first-order valence-electron chi connectivity index (χ1n) is 8.26. The van der Waals surface area contributed by atoms with Crippen LogP contribution in [0.3, 0.4) is 0 Å². The molecule has 3 N–H and O–H groups in total. The Morgan fingerprint density at radius 2 is 1.75 bits per heavy atom. The number of amides is 1. The van der Waals surface area contributed by atoms with Crippen LogP contribution in [0.1, 0.15) is 65.2 Å². The Morgan fingerprint density at radius 1 is 1.15 bits per heavy atom. The van der Waals surface area contributed by atoms with Gasteiger partial charge in [0.1, 0.15) is 0 Å². The number of hydrogen-bond donors (Lipinski definition) is 3. The number of nitrogens with one attached hydrogen (secondary N) is 2. The van der Waals surface area contributed by atoms with E-state index in [1.54, 1.807) is 0 Å². The van der Waals surface area contributed by atoms with Crippen molar-refractivity contribution in [3.8, 4) is 0 Å². The second kappa shape index (κ2) is 9.35. The van der Waals surface area contributed by atoms with E-state index in [0.29, 0.717) is 19.1 Å². The van der Waals surface area contributed by atoms with Crippen molar-refractivity contribution < 1.29 is 9.90 Å². The van der Waals surface area contributed by atoms with Crippen LogP contribution in [0.25, 0.3) is 0 Å². The average Bonchev–Trinajstić information content (AvgIpc) is 2.73. The molecule has 0 bridgehead atoms. The summed E-state index contributed by atoms with van der Waals surface area (Å²) in [4.78, 5) is 11.9. The molecule has 1 aliphatic rings. The molecule has 0 unspecified atom stereocenters. The highest BCUT2D eigenvalue weighted by Crippen LogP contribution is 2.24. The van der Waals surface area contributed by atoms with Gasteiger partial charge in [-0.25, -0.2) is 0 Å². The van der Waals surface area contributed by atoms with Crippen molar-refractivity contribution in [2.45, 2.75) is 71.3 Å². The Bertz CT molecular complexity index is 261. The summed E-state index contributed by atoms with van der Waals surface area (Å²) in [5, 5.41) is 15.8. The maximum absolute atomic E-state index is 11.9. The number of aliphatic hydroxyl groups excluding tert-OH is 1. The van der Waals surface area contributed by atoms with Crippen molar-refractivity contribution >= 4 is 5.91 Å². The van der Waals surface area contributed by atoms with Gasteiger partial charge >= 0.3 is 0 Å². The lowest BCUT2D eigenvalue weighted by Gasteiger charge is -2.29. The third-order valence-corrected chi connectivity index (χ3v) is 4.84. The van der Waals surface area contributed by atoms with Crippen molar-refractivity contribution in [3.63, 3.8) is 0 Å². The van der Waals surface area contributed by atoms with Gasteiger partial charge in [0.25, 0.3) is 0 Å². The molecule has 4 nitrogen and oxygen atoms in total. The van der Waals surface area contributed by atoms with Crippen molar-refractivity contribution in [2.24, 2.45) is 5.41 Å². The lowest BCUT2D eigenvalue weighted by Crippen LogP contribution is -2.44. The van der Waals surface area contributed by atoms with Gasteiger partial charge in [0.2, 0.25) is 5.91 Å². The fourth-order valence-corrected chi connectivity index (χ4v) is 2.92. The molecule has 118 valence electrons. The zero-order valence-corrected chi connectivity index (χ0v) is 13.2. The highest BCUT2D eigenvalue weighted by molar-refractivity contribution is 5.78. The molecular formula is C16H32N2O2. The van der Waals surface area contributed by atoms with Gasteiger partial charge in [0, 0.05) is 24.6 Å².